The van der Waals surface area contributed by atoms with Crippen LogP contribution in [0, 0.1) is 0 Å². The molecule has 1 heterocycles. The highest BCUT2D eigenvalue weighted by Crippen LogP contribution is 2.20. The average Bonchev–Trinajstić information content (AvgIpc) is 2.20. The Bertz CT molecular complexity index is 319. The van der Waals surface area contributed by atoms with Crippen LogP contribution in [0.5, 0.6) is 0 Å². The zero-order valence-electron chi connectivity index (χ0n) is 7.46. The topological polar surface area (TPSA) is 126 Å². The van der Waals surface area contributed by atoms with E-state index in [4.69, 9.17) is 21.7 Å². The van der Waals surface area contributed by atoms with Gasteiger partial charge in [0, 0.05) is 11.8 Å². The summed E-state index contributed by atoms with van der Waals surface area (Å²) in [7, 11) is 0. The van der Waals surface area contributed by atoms with E-state index in [1.807, 2.05) is 0 Å². The van der Waals surface area contributed by atoms with Gasteiger partial charge in [-0.3, -0.25) is 0 Å². The molecule has 0 aliphatic heterocycles. The summed E-state index contributed by atoms with van der Waals surface area (Å²) in [5.74, 6) is 0.166. The lowest BCUT2D eigenvalue weighted by molar-refractivity contribution is -0.0153. The van der Waals surface area contributed by atoms with Crippen LogP contribution in [0.1, 0.15) is 11.7 Å². The summed E-state index contributed by atoms with van der Waals surface area (Å²) >= 11 is 0. The van der Waals surface area contributed by atoms with Crippen LogP contribution in [0.15, 0.2) is 12.3 Å². The molecule has 0 aromatic carbocycles. The van der Waals surface area contributed by atoms with Gasteiger partial charge in [0.2, 0.25) is 0 Å². The van der Waals surface area contributed by atoms with Gasteiger partial charge in [0.25, 0.3) is 0 Å². The first-order valence-electron chi connectivity index (χ1n) is 4.04. The third-order valence-corrected chi connectivity index (χ3v) is 1.86. The number of aliphatic hydroxyl groups excluding tert-OH is 3. The lowest BCUT2D eigenvalue weighted by Gasteiger charge is -2.15. The number of anilines is 2. The molecule has 1 aromatic rings. The Morgan fingerprint density at radius 1 is 1.36 bits per heavy atom. The van der Waals surface area contributed by atoms with E-state index in [1.165, 1.54) is 12.3 Å². The van der Waals surface area contributed by atoms with Gasteiger partial charge < -0.3 is 26.8 Å². The lowest BCUT2D eigenvalue weighted by Crippen LogP contribution is -2.22. The summed E-state index contributed by atoms with van der Waals surface area (Å²) in [6.07, 6.45) is -1.16. The highest BCUT2D eigenvalue weighted by molar-refractivity contribution is 5.58. The minimum atomic E-state index is -1.25. The van der Waals surface area contributed by atoms with Gasteiger partial charge in [-0.15, -0.1) is 0 Å². The van der Waals surface area contributed by atoms with Gasteiger partial charge in [0.1, 0.15) is 18.0 Å². The maximum atomic E-state index is 9.46. The normalized spacial score (nSPS) is 15.1. The third-order valence-electron chi connectivity index (χ3n) is 1.86. The third kappa shape index (κ3) is 2.11. The molecule has 78 valence electrons. The molecule has 6 nitrogen and oxygen atoms in total. The molecule has 1 aromatic heterocycles. The van der Waals surface area contributed by atoms with Crippen molar-refractivity contribution in [3.8, 4) is 0 Å². The van der Waals surface area contributed by atoms with Crippen molar-refractivity contribution in [1.82, 2.24) is 4.98 Å². The molecule has 1 rings (SSSR count). The molecule has 0 amide bonds. The number of nitrogens with two attached hydrogens (primary N) is 2. The average molecular weight is 199 g/mol. The van der Waals surface area contributed by atoms with Gasteiger partial charge in [-0.05, 0) is 6.07 Å². The quantitative estimate of drug-likeness (QED) is 0.409. The molecule has 6 heteroatoms. The standard InChI is InChI=1S/C8H13N3O3/c9-5-1-4(2-11-8(5)10)7(14)6(13)3-12/h1-2,6-7,12-14H,3,9H2,(H2,10,11). The van der Waals surface area contributed by atoms with Crippen LogP contribution in [-0.2, 0) is 0 Å². The molecule has 2 atom stereocenters. The van der Waals surface area contributed by atoms with Crippen LogP contribution in [0.25, 0.3) is 0 Å². The number of aromatic nitrogens is 1. The summed E-state index contributed by atoms with van der Waals surface area (Å²) in [6, 6.07) is 1.41. The summed E-state index contributed by atoms with van der Waals surface area (Å²) in [6.45, 7) is -0.536. The van der Waals surface area contributed by atoms with E-state index in [0.29, 0.717) is 5.56 Å². The Morgan fingerprint density at radius 2 is 2.00 bits per heavy atom. The summed E-state index contributed by atoms with van der Waals surface area (Å²) in [5.41, 5.74) is 11.4. The molecule has 2 unspecified atom stereocenters. The predicted octanol–water partition coefficient (Wildman–Crippen LogP) is -1.37. The van der Waals surface area contributed by atoms with Crippen molar-refractivity contribution in [3.63, 3.8) is 0 Å². The van der Waals surface area contributed by atoms with Crippen molar-refractivity contribution in [3.05, 3.63) is 17.8 Å². The molecule has 0 aliphatic carbocycles. The zero-order valence-corrected chi connectivity index (χ0v) is 7.46. The van der Waals surface area contributed by atoms with Crippen molar-refractivity contribution >= 4 is 11.5 Å². The molecular formula is C8H13N3O3. The summed E-state index contributed by atoms with van der Waals surface area (Å²) in [4.78, 5) is 3.72. The van der Waals surface area contributed by atoms with Gasteiger partial charge in [0.15, 0.2) is 0 Å². The van der Waals surface area contributed by atoms with Crippen LogP contribution >= 0.6 is 0 Å². The highest BCUT2D eigenvalue weighted by Gasteiger charge is 2.18. The fourth-order valence-corrected chi connectivity index (χ4v) is 0.993. The molecule has 0 fully saturated rings. The van der Waals surface area contributed by atoms with Gasteiger partial charge in [0.05, 0.1) is 12.3 Å². The van der Waals surface area contributed by atoms with Crippen molar-refractivity contribution in [2.24, 2.45) is 0 Å². The van der Waals surface area contributed by atoms with E-state index >= 15 is 0 Å². The minimum Gasteiger partial charge on any atom is -0.396 e. The van der Waals surface area contributed by atoms with Crippen LogP contribution in [-0.4, -0.2) is 33.0 Å². The van der Waals surface area contributed by atoms with Crippen LogP contribution in [0.3, 0.4) is 0 Å². The SMILES string of the molecule is Nc1cc(C(O)C(O)CO)cnc1N. The largest absolute Gasteiger partial charge is 0.396 e. The number of nitrogens with zero attached hydrogens (tertiary/aromatic N) is 1. The first kappa shape index (κ1) is 10.7. The predicted molar refractivity (Wildman–Crippen MR) is 51.1 cm³/mol. The second-order valence-electron chi connectivity index (χ2n) is 2.94. The first-order valence-corrected chi connectivity index (χ1v) is 4.04. The summed E-state index contributed by atoms with van der Waals surface area (Å²) < 4.78 is 0. The van der Waals surface area contributed by atoms with E-state index in [2.05, 4.69) is 4.98 Å². The van der Waals surface area contributed by atoms with E-state index < -0.39 is 18.8 Å². The highest BCUT2D eigenvalue weighted by atomic mass is 16.4. The maximum Gasteiger partial charge on any atom is 0.146 e. The minimum absolute atomic E-state index is 0.166. The van der Waals surface area contributed by atoms with Crippen molar-refractivity contribution in [1.29, 1.82) is 0 Å². The summed E-state index contributed by atoms with van der Waals surface area (Å²) in [5, 5.41) is 27.2. The molecule has 14 heavy (non-hydrogen) atoms. The lowest BCUT2D eigenvalue weighted by atomic mass is 10.1. The number of hydrogen-bond acceptors (Lipinski definition) is 6. The Morgan fingerprint density at radius 3 is 2.50 bits per heavy atom. The van der Waals surface area contributed by atoms with E-state index in [1.54, 1.807) is 0 Å². The first-order chi connectivity index (χ1) is 6.56. The maximum absolute atomic E-state index is 9.46. The molecule has 0 saturated carbocycles. The Hall–Kier alpha value is -1.37. The molecule has 0 saturated heterocycles. The number of pyridine rings is 1. The molecule has 0 radical (unpaired) electrons. The molecular weight excluding hydrogens is 186 g/mol. The van der Waals surface area contributed by atoms with Crippen molar-refractivity contribution in [2.45, 2.75) is 12.2 Å². The van der Waals surface area contributed by atoms with Gasteiger partial charge in [-0.1, -0.05) is 0 Å². The smallest absolute Gasteiger partial charge is 0.146 e. The van der Waals surface area contributed by atoms with Gasteiger partial charge in [-0.25, -0.2) is 4.98 Å². The Balaban J connectivity index is 2.91. The van der Waals surface area contributed by atoms with Gasteiger partial charge in [-0.2, -0.15) is 0 Å². The number of nitrogen functional groups attached to an aromatic ring is 2. The van der Waals surface area contributed by atoms with Crippen LogP contribution in [0.4, 0.5) is 11.5 Å². The molecule has 0 aliphatic rings. The fraction of sp³-hybridized carbons (Fsp3) is 0.375. The number of aliphatic hydroxyl groups is 3. The second kappa shape index (κ2) is 4.23. The van der Waals surface area contributed by atoms with Gasteiger partial charge >= 0.3 is 0 Å². The number of hydrogen-bond donors (Lipinski definition) is 5. The zero-order chi connectivity index (χ0) is 10.7. The molecule has 0 spiro atoms. The fourth-order valence-electron chi connectivity index (χ4n) is 0.993. The van der Waals surface area contributed by atoms with Crippen molar-refractivity contribution in [2.75, 3.05) is 18.1 Å². The van der Waals surface area contributed by atoms with Crippen molar-refractivity contribution < 1.29 is 15.3 Å². The van der Waals surface area contributed by atoms with E-state index in [-0.39, 0.29) is 11.5 Å². The molecule has 0 bridgehead atoms. The second-order valence-corrected chi connectivity index (χ2v) is 2.94. The number of rotatable bonds is 3. The molecule has 7 N–H and O–H groups in total. The van der Waals surface area contributed by atoms with Crippen LogP contribution < -0.4 is 11.5 Å². The Labute approximate surface area is 80.8 Å². The van der Waals surface area contributed by atoms with E-state index in [9.17, 15) is 5.11 Å². The Kier molecular flexibility index (Phi) is 3.23. The monoisotopic (exact) mass is 199 g/mol. The van der Waals surface area contributed by atoms with E-state index in [0.717, 1.165) is 0 Å². The van der Waals surface area contributed by atoms with Crippen LogP contribution in [0.2, 0.25) is 0 Å².